The molecule has 0 saturated heterocycles. The molecule has 3 rings (SSSR count). The van der Waals surface area contributed by atoms with Crippen LogP contribution in [0.4, 0.5) is 0 Å². The fourth-order valence-electron chi connectivity index (χ4n) is 3.90. The molecule has 2 aromatic carbocycles. The fourth-order valence-corrected chi connectivity index (χ4v) is 3.90. The molecule has 1 aliphatic rings. The monoisotopic (exact) mass is 422 g/mol. The molecule has 0 bridgehead atoms. The first-order valence-corrected chi connectivity index (χ1v) is 11.3. The van der Waals surface area contributed by atoms with E-state index in [1.165, 1.54) is 6.42 Å². The average molecular weight is 423 g/mol. The number of hydrogen-bond acceptors (Lipinski definition) is 3. The Hall–Kier alpha value is -2.82. The number of carbonyl (C=O) groups is 2. The zero-order valence-corrected chi connectivity index (χ0v) is 18.9. The summed E-state index contributed by atoms with van der Waals surface area (Å²) in [6.07, 6.45) is 5.56. The first kappa shape index (κ1) is 22.9. The number of nitrogens with zero attached hydrogens (tertiary/aromatic N) is 1. The Bertz CT molecular complexity index is 855. The van der Waals surface area contributed by atoms with E-state index in [1.807, 2.05) is 62.4 Å². The highest BCUT2D eigenvalue weighted by atomic mass is 16.5. The molecular formula is C26H34N2O3. The maximum absolute atomic E-state index is 13.1. The Labute approximate surface area is 185 Å². The Morgan fingerprint density at radius 2 is 1.55 bits per heavy atom. The van der Waals surface area contributed by atoms with Gasteiger partial charge >= 0.3 is 0 Å². The van der Waals surface area contributed by atoms with Crippen LogP contribution in [0.2, 0.25) is 0 Å². The van der Waals surface area contributed by atoms with Gasteiger partial charge in [-0.1, -0.05) is 66.8 Å². The van der Waals surface area contributed by atoms with Crippen LogP contribution >= 0.6 is 0 Å². The lowest BCUT2D eigenvalue weighted by Crippen LogP contribution is -2.51. The van der Waals surface area contributed by atoms with Crippen LogP contribution in [0.1, 0.15) is 55.7 Å². The van der Waals surface area contributed by atoms with Crippen LogP contribution in [0.3, 0.4) is 0 Å². The van der Waals surface area contributed by atoms with Crippen molar-refractivity contribution in [3.63, 3.8) is 0 Å². The summed E-state index contributed by atoms with van der Waals surface area (Å²) in [4.78, 5) is 27.7. The van der Waals surface area contributed by atoms with Gasteiger partial charge in [-0.15, -0.1) is 0 Å². The minimum absolute atomic E-state index is 0.0947. The van der Waals surface area contributed by atoms with Gasteiger partial charge < -0.3 is 15.0 Å². The van der Waals surface area contributed by atoms with Gasteiger partial charge in [0, 0.05) is 12.6 Å². The first-order chi connectivity index (χ1) is 14.9. The average Bonchev–Trinajstić information content (AvgIpc) is 2.78. The van der Waals surface area contributed by atoms with Crippen molar-refractivity contribution in [2.75, 3.05) is 6.61 Å². The highest BCUT2D eigenvalue weighted by molar-refractivity contribution is 5.88. The van der Waals surface area contributed by atoms with Gasteiger partial charge in [0.25, 0.3) is 5.91 Å². The second kappa shape index (κ2) is 11.0. The van der Waals surface area contributed by atoms with Gasteiger partial charge in [0.15, 0.2) is 6.61 Å². The smallest absolute Gasteiger partial charge is 0.261 e. The summed E-state index contributed by atoms with van der Waals surface area (Å²) >= 11 is 0. The second-order valence-electron chi connectivity index (χ2n) is 8.63. The third-order valence-corrected chi connectivity index (χ3v) is 5.98. The highest BCUT2D eigenvalue weighted by Crippen LogP contribution is 2.19. The number of hydrogen-bond donors (Lipinski definition) is 1. The summed E-state index contributed by atoms with van der Waals surface area (Å²) in [5.74, 6) is 0.351. The van der Waals surface area contributed by atoms with Crippen molar-refractivity contribution in [2.24, 2.45) is 0 Å². The Balaban J connectivity index is 1.69. The Kier molecular flexibility index (Phi) is 8.10. The predicted octanol–water partition coefficient (Wildman–Crippen LogP) is 4.55. The lowest BCUT2D eigenvalue weighted by atomic mass is 9.95. The molecule has 31 heavy (non-hydrogen) atoms. The normalized spacial score (nSPS) is 15.2. The van der Waals surface area contributed by atoms with E-state index in [-0.39, 0.29) is 24.5 Å². The third-order valence-electron chi connectivity index (χ3n) is 5.98. The summed E-state index contributed by atoms with van der Waals surface area (Å²) < 4.78 is 5.72. The number of ether oxygens (including phenoxy) is 1. The maximum atomic E-state index is 13.1. The fraction of sp³-hybridized carbons (Fsp3) is 0.462. The topological polar surface area (TPSA) is 58.6 Å². The van der Waals surface area contributed by atoms with Crippen molar-refractivity contribution in [3.8, 4) is 5.75 Å². The second-order valence-corrected chi connectivity index (χ2v) is 8.63. The molecule has 5 heteroatoms. The maximum Gasteiger partial charge on any atom is 0.261 e. The summed E-state index contributed by atoms with van der Waals surface area (Å²) in [5.41, 5.74) is 3.28. The lowest BCUT2D eigenvalue weighted by molar-refractivity contribution is -0.142. The number of carbonyl (C=O) groups excluding carboxylic acids is 2. The molecule has 1 aliphatic carbocycles. The van der Waals surface area contributed by atoms with E-state index < -0.39 is 6.04 Å². The van der Waals surface area contributed by atoms with E-state index in [0.29, 0.717) is 12.3 Å². The summed E-state index contributed by atoms with van der Waals surface area (Å²) in [6, 6.07) is 15.3. The van der Waals surface area contributed by atoms with Gasteiger partial charge in [0.2, 0.25) is 5.91 Å². The lowest BCUT2D eigenvalue weighted by Gasteiger charge is -2.31. The molecule has 0 heterocycles. The van der Waals surface area contributed by atoms with Gasteiger partial charge in [-0.25, -0.2) is 0 Å². The molecule has 166 valence electrons. The van der Waals surface area contributed by atoms with Gasteiger partial charge in [-0.2, -0.15) is 0 Å². The van der Waals surface area contributed by atoms with E-state index in [4.69, 9.17) is 4.74 Å². The van der Waals surface area contributed by atoms with Crippen LogP contribution in [0.15, 0.2) is 48.5 Å². The standard InChI is InChI=1S/C26H34N2O3/c1-19-9-13-22(14-10-19)17-28(21(3)26(30)27-23-7-5-4-6-8-23)25(29)18-31-24-15-11-20(2)12-16-24/h9-16,21,23H,4-8,17-18H2,1-3H3,(H,27,30)/t21-/m1/s1. The van der Waals surface area contributed by atoms with Gasteiger partial charge in [0.05, 0.1) is 0 Å². The highest BCUT2D eigenvalue weighted by Gasteiger charge is 2.28. The summed E-state index contributed by atoms with van der Waals surface area (Å²) in [6.45, 7) is 6.11. The number of aryl methyl sites for hydroxylation is 2. The first-order valence-electron chi connectivity index (χ1n) is 11.3. The van der Waals surface area contributed by atoms with Gasteiger partial charge in [-0.3, -0.25) is 9.59 Å². The number of benzene rings is 2. The number of rotatable bonds is 8. The largest absolute Gasteiger partial charge is 0.484 e. The van der Waals surface area contributed by atoms with Crippen LogP contribution in [0.25, 0.3) is 0 Å². The minimum Gasteiger partial charge on any atom is -0.484 e. The van der Waals surface area contributed by atoms with E-state index in [2.05, 4.69) is 5.32 Å². The zero-order valence-electron chi connectivity index (χ0n) is 18.9. The number of amides is 2. The van der Waals surface area contributed by atoms with E-state index >= 15 is 0 Å². The molecule has 1 fully saturated rings. The molecule has 0 spiro atoms. The predicted molar refractivity (Wildman–Crippen MR) is 123 cm³/mol. The molecule has 1 N–H and O–H groups in total. The van der Waals surface area contributed by atoms with E-state index in [1.54, 1.807) is 11.8 Å². The van der Waals surface area contributed by atoms with Gasteiger partial charge in [-0.05, 0) is 51.3 Å². The zero-order chi connectivity index (χ0) is 22.2. The van der Waals surface area contributed by atoms with Crippen molar-refractivity contribution in [2.45, 2.75) is 71.5 Å². The van der Waals surface area contributed by atoms with Crippen molar-refractivity contribution in [1.29, 1.82) is 0 Å². The van der Waals surface area contributed by atoms with Crippen LogP contribution in [-0.4, -0.2) is 35.4 Å². The van der Waals surface area contributed by atoms with Crippen molar-refractivity contribution < 1.29 is 14.3 Å². The minimum atomic E-state index is -0.572. The van der Waals surface area contributed by atoms with Crippen LogP contribution in [-0.2, 0) is 16.1 Å². The quantitative estimate of drug-likeness (QED) is 0.679. The van der Waals surface area contributed by atoms with Crippen LogP contribution < -0.4 is 10.1 Å². The molecule has 0 aromatic heterocycles. The SMILES string of the molecule is Cc1ccc(CN(C(=O)COc2ccc(C)cc2)[C@H](C)C(=O)NC2CCCCC2)cc1. The molecule has 1 atom stereocenters. The number of nitrogens with one attached hydrogen (secondary N) is 1. The van der Waals surface area contributed by atoms with Crippen molar-refractivity contribution in [3.05, 3.63) is 65.2 Å². The van der Waals surface area contributed by atoms with Crippen LogP contribution in [0, 0.1) is 13.8 Å². The molecule has 0 unspecified atom stereocenters. The molecule has 1 saturated carbocycles. The summed E-state index contributed by atoms with van der Waals surface area (Å²) in [5, 5.41) is 3.16. The molecular weight excluding hydrogens is 388 g/mol. The molecule has 2 amide bonds. The molecule has 0 aliphatic heterocycles. The van der Waals surface area contributed by atoms with Gasteiger partial charge in [0.1, 0.15) is 11.8 Å². The van der Waals surface area contributed by atoms with E-state index in [9.17, 15) is 9.59 Å². The Morgan fingerprint density at radius 3 is 2.16 bits per heavy atom. The summed E-state index contributed by atoms with van der Waals surface area (Å²) in [7, 11) is 0. The molecule has 2 aromatic rings. The van der Waals surface area contributed by atoms with Crippen LogP contribution in [0.5, 0.6) is 5.75 Å². The third kappa shape index (κ3) is 6.84. The molecule has 5 nitrogen and oxygen atoms in total. The molecule has 0 radical (unpaired) electrons. The van der Waals surface area contributed by atoms with Crippen molar-refractivity contribution >= 4 is 11.8 Å². The van der Waals surface area contributed by atoms with E-state index in [0.717, 1.165) is 42.4 Å². The Morgan fingerprint density at radius 1 is 0.968 bits per heavy atom. The van der Waals surface area contributed by atoms with Crippen molar-refractivity contribution in [1.82, 2.24) is 10.2 Å².